The molecule has 1 aromatic heterocycles. The smallest absolute Gasteiger partial charge is 0.237 e. The van der Waals surface area contributed by atoms with Crippen LogP contribution in [0.2, 0.25) is 5.02 Å². The monoisotopic (exact) mass is 551 g/mol. The van der Waals surface area contributed by atoms with Gasteiger partial charge in [0.15, 0.2) is 0 Å². The molecule has 1 saturated heterocycles. The quantitative estimate of drug-likeness (QED) is 0.424. The van der Waals surface area contributed by atoms with Gasteiger partial charge in [-0.15, -0.1) is 10.2 Å². The maximum absolute atomic E-state index is 13.8. The first-order valence-corrected chi connectivity index (χ1v) is 14.0. The van der Waals surface area contributed by atoms with E-state index >= 15 is 0 Å². The van der Waals surface area contributed by atoms with Gasteiger partial charge < -0.3 is 4.74 Å². The van der Waals surface area contributed by atoms with Gasteiger partial charge in [0.25, 0.3) is 0 Å². The predicted octanol–water partition coefficient (Wildman–Crippen LogP) is 3.91. The van der Waals surface area contributed by atoms with Crippen LogP contribution in [0.3, 0.4) is 0 Å². The summed E-state index contributed by atoms with van der Waals surface area (Å²) in [6.07, 6.45) is 1.03. The number of benzene rings is 2. The molecule has 3 aromatic rings. The Balaban J connectivity index is 1.42. The number of sulfonamides is 1. The number of hydrogen-bond donors (Lipinski definition) is 3. The fourth-order valence-electron chi connectivity index (χ4n) is 5.08. The van der Waals surface area contributed by atoms with Crippen molar-refractivity contribution in [2.24, 2.45) is 11.8 Å². The molecular formula is C23H23ClFN5O4S2. The molecule has 1 aliphatic carbocycles. The highest BCUT2D eigenvalue weighted by Crippen LogP contribution is 2.46. The van der Waals surface area contributed by atoms with Crippen molar-refractivity contribution in [3.8, 4) is 16.9 Å². The minimum absolute atomic E-state index is 0.167. The molecule has 1 saturated carbocycles. The highest BCUT2D eigenvalue weighted by atomic mass is 35.5. The summed E-state index contributed by atoms with van der Waals surface area (Å²) in [5.41, 5.74) is 9.16. The summed E-state index contributed by atoms with van der Waals surface area (Å²) in [7, 11) is -2.21. The van der Waals surface area contributed by atoms with Gasteiger partial charge in [-0.25, -0.2) is 18.2 Å². The van der Waals surface area contributed by atoms with Crippen LogP contribution >= 0.6 is 22.9 Å². The maximum atomic E-state index is 13.8. The molecule has 2 aliphatic rings. The van der Waals surface area contributed by atoms with E-state index < -0.39 is 21.2 Å². The number of carbonyl (C=O) groups excluding carboxylic acids is 1. The molecule has 2 heterocycles. The van der Waals surface area contributed by atoms with Crippen LogP contribution in [0, 0.1) is 17.7 Å². The molecule has 0 radical (unpaired) electrons. The number of fused-ring (bicyclic) bond motifs is 1. The SMILES string of the molecule is COc1cc(-c2cccc(F)c2)c(Cl)cc1C1NNC(=O)C2CC(S(=O)(=O)Nc3nncs3)CCC21. The Hall–Kier alpha value is -2.80. The highest BCUT2D eigenvalue weighted by molar-refractivity contribution is 7.93. The third-order valence-corrected chi connectivity index (χ3v) is 9.62. The standard InChI is InChI=1S/C23H23ClFN5O4S2/c1-34-20-10-16(12-3-2-4-13(25)7-12)19(24)9-18(20)21-15-6-5-14(8-17(15)22(31)28-27-21)36(32,33)30-23-29-26-11-35-23/h2-4,7,9-11,14-15,17,21,27H,5-6,8H2,1H3,(H,28,31)(H,29,30). The number of amides is 1. The van der Waals surface area contributed by atoms with Crippen molar-refractivity contribution in [1.29, 1.82) is 0 Å². The zero-order valence-electron chi connectivity index (χ0n) is 19.1. The number of methoxy groups -OCH3 is 1. The van der Waals surface area contributed by atoms with E-state index in [-0.39, 0.29) is 35.2 Å². The second-order valence-electron chi connectivity index (χ2n) is 8.79. The number of halogens is 2. The van der Waals surface area contributed by atoms with E-state index in [1.807, 2.05) is 0 Å². The van der Waals surface area contributed by atoms with E-state index in [1.165, 1.54) is 24.8 Å². The summed E-state index contributed by atoms with van der Waals surface area (Å²) in [6.45, 7) is 0. The number of hydrazine groups is 1. The molecule has 1 amide bonds. The summed E-state index contributed by atoms with van der Waals surface area (Å²) >= 11 is 7.72. The fraction of sp³-hybridized carbons (Fsp3) is 0.348. The minimum Gasteiger partial charge on any atom is -0.496 e. The number of rotatable bonds is 6. The van der Waals surface area contributed by atoms with Crippen molar-refractivity contribution in [1.82, 2.24) is 21.0 Å². The first-order chi connectivity index (χ1) is 17.3. The zero-order valence-corrected chi connectivity index (χ0v) is 21.5. The van der Waals surface area contributed by atoms with Crippen LogP contribution in [-0.2, 0) is 14.8 Å². The summed E-state index contributed by atoms with van der Waals surface area (Å²) < 4.78 is 47.8. The van der Waals surface area contributed by atoms with Gasteiger partial charge >= 0.3 is 0 Å². The zero-order chi connectivity index (χ0) is 25.4. The lowest BCUT2D eigenvalue weighted by atomic mass is 9.71. The Morgan fingerprint density at radius 3 is 2.81 bits per heavy atom. The second kappa shape index (κ2) is 9.92. The molecule has 1 aliphatic heterocycles. The lowest BCUT2D eigenvalue weighted by molar-refractivity contribution is -0.133. The summed E-state index contributed by atoms with van der Waals surface area (Å²) in [5, 5.41) is 7.26. The van der Waals surface area contributed by atoms with Crippen LogP contribution in [-0.4, -0.2) is 36.9 Å². The maximum Gasteiger partial charge on any atom is 0.237 e. The number of nitrogens with zero attached hydrogens (tertiary/aromatic N) is 2. The lowest BCUT2D eigenvalue weighted by Gasteiger charge is -2.43. The molecule has 3 N–H and O–H groups in total. The van der Waals surface area contributed by atoms with Gasteiger partial charge in [-0.3, -0.25) is 14.9 Å². The number of carbonyl (C=O) groups is 1. The lowest BCUT2D eigenvalue weighted by Crippen LogP contribution is -2.57. The first-order valence-electron chi connectivity index (χ1n) is 11.2. The third-order valence-electron chi connectivity index (χ3n) is 6.79. The van der Waals surface area contributed by atoms with Gasteiger partial charge in [-0.2, -0.15) is 0 Å². The molecular weight excluding hydrogens is 529 g/mol. The van der Waals surface area contributed by atoms with Gasteiger partial charge in [0.05, 0.1) is 18.4 Å². The van der Waals surface area contributed by atoms with Crippen molar-refractivity contribution < 1.29 is 22.3 Å². The van der Waals surface area contributed by atoms with Gasteiger partial charge in [0.1, 0.15) is 17.1 Å². The van der Waals surface area contributed by atoms with Gasteiger partial charge in [-0.1, -0.05) is 35.1 Å². The largest absolute Gasteiger partial charge is 0.496 e. The molecule has 2 fully saturated rings. The molecule has 4 atom stereocenters. The van der Waals surface area contributed by atoms with Crippen molar-refractivity contribution in [2.45, 2.75) is 30.6 Å². The molecule has 9 nitrogen and oxygen atoms in total. The van der Waals surface area contributed by atoms with Crippen molar-refractivity contribution in [3.05, 3.63) is 58.3 Å². The van der Waals surface area contributed by atoms with Crippen LogP contribution in [0.4, 0.5) is 9.52 Å². The summed E-state index contributed by atoms with van der Waals surface area (Å²) in [6, 6.07) is 9.27. The normalized spacial score (nSPS) is 24.0. The molecule has 0 bridgehead atoms. The van der Waals surface area contributed by atoms with E-state index in [9.17, 15) is 17.6 Å². The first kappa shape index (κ1) is 24.9. The van der Waals surface area contributed by atoms with Crippen molar-refractivity contribution in [2.75, 3.05) is 11.8 Å². The number of nitrogens with one attached hydrogen (secondary N) is 3. The average molecular weight is 552 g/mol. The Kier molecular flexibility index (Phi) is 6.86. The van der Waals surface area contributed by atoms with Crippen LogP contribution in [0.15, 0.2) is 41.9 Å². The Bertz CT molecular complexity index is 1390. The predicted molar refractivity (Wildman–Crippen MR) is 134 cm³/mol. The van der Waals surface area contributed by atoms with E-state index in [2.05, 4.69) is 25.8 Å². The van der Waals surface area contributed by atoms with Crippen molar-refractivity contribution in [3.63, 3.8) is 0 Å². The third kappa shape index (κ3) is 4.77. The fourth-order valence-corrected chi connectivity index (χ4v) is 7.55. The molecule has 5 rings (SSSR count). The van der Waals surface area contributed by atoms with Crippen LogP contribution in [0.5, 0.6) is 5.75 Å². The topological polar surface area (TPSA) is 122 Å². The molecule has 0 spiro atoms. The van der Waals surface area contributed by atoms with E-state index in [0.29, 0.717) is 34.7 Å². The van der Waals surface area contributed by atoms with Crippen LogP contribution in [0.25, 0.3) is 11.1 Å². The van der Waals surface area contributed by atoms with E-state index in [0.717, 1.165) is 16.9 Å². The molecule has 2 aromatic carbocycles. The second-order valence-corrected chi connectivity index (χ2v) is 12.0. The molecule has 36 heavy (non-hydrogen) atoms. The number of hydrogen-bond acceptors (Lipinski definition) is 8. The Labute approximate surface area is 216 Å². The van der Waals surface area contributed by atoms with Gasteiger partial charge in [0, 0.05) is 22.1 Å². The summed E-state index contributed by atoms with van der Waals surface area (Å²) in [5.74, 6) is -0.824. The molecule has 13 heteroatoms. The number of anilines is 1. The van der Waals surface area contributed by atoms with Crippen LogP contribution < -0.4 is 20.3 Å². The minimum atomic E-state index is -3.74. The van der Waals surface area contributed by atoms with Gasteiger partial charge in [0.2, 0.25) is 21.1 Å². The van der Waals surface area contributed by atoms with Crippen molar-refractivity contribution >= 4 is 44.0 Å². The number of aromatic nitrogens is 2. The molecule has 4 unspecified atom stereocenters. The number of ether oxygens (including phenoxy) is 1. The average Bonchev–Trinajstić information content (AvgIpc) is 3.36. The molecule has 190 valence electrons. The van der Waals surface area contributed by atoms with E-state index in [1.54, 1.807) is 24.3 Å². The van der Waals surface area contributed by atoms with Gasteiger partial charge in [-0.05, 0) is 55.0 Å². The summed E-state index contributed by atoms with van der Waals surface area (Å²) in [4.78, 5) is 12.8. The highest BCUT2D eigenvalue weighted by Gasteiger charge is 2.47. The Morgan fingerprint density at radius 1 is 1.25 bits per heavy atom. The van der Waals surface area contributed by atoms with E-state index in [4.69, 9.17) is 16.3 Å². The van der Waals surface area contributed by atoms with Crippen LogP contribution in [0.1, 0.15) is 30.9 Å². The Morgan fingerprint density at radius 2 is 2.08 bits per heavy atom.